The van der Waals surface area contributed by atoms with Crippen molar-refractivity contribution >= 4 is 34.6 Å². The Kier molecular flexibility index (Phi) is 9.72. The molecule has 212 valence electrons. The van der Waals surface area contributed by atoms with Crippen LogP contribution in [-0.4, -0.2) is 77.3 Å². The Bertz CT molecular complexity index is 1170. The molecule has 1 aliphatic carbocycles. The van der Waals surface area contributed by atoms with Crippen LogP contribution in [0.2, 0.25) is 0 Å². The summed E-state index contributed by atoms with van der Waals surface area (Å²) in [5.74, 6) is -0.533. The van der Waals surface area contributed by atoms with Gasteiger partial charge in [0.05, 0.1) is 21.6 Å². The average molecular weight is 554 g/mol. The lowest BCUT2D eigenvalue weighted by molar-refractivity contribution is -0.144. The van der Waals surface area contributed by atoms with Gasteiger partial charge in [-0.25, -0.2) is 4.98 Å². The Morgan fingerprint density at radius 1 is 1.23 bits per heavy atom. The molecular formula is C30H43N5O3S. The standard InChI is InChI=1S/C30H43N5O3S/c1-9-21(13-14-22(10-2)24-20(3)32-19-39-24)18-31-26(36)23-12-11-17-35(23)27(37)25(29(4,5)6)33-28(38)30(15-16-30)34(7)8/h9-10,13-14,19,23,25H,1-2,11-12,15-18H2,3-8H3,(H,31,36)(H,33,38)/b21-13+,22-14+/t23?,25-/m1/s1. The molecule has 3 amide bonds. The summed E-state index contributed by atoms with van der Waals surface area (Å²) in [7, 11) is 3.78. The van der Waals surface area contributed by atoms with Crippen LogP contribution in [0.5, 0.6) is 0 Å². The molecule has 0 spiro atoms. The number of nitrogens with one attached hydrogen (secondary N) is 2. The Morgan fingerprint density at radius 2 is 1.92 bits per heavy atom. The molecule has 2 fully saturated rings. The van der Waals surface area contributed by atoms with Crippen molar-refractivity contribution in [1.82, 2.24) is 25.4 Å². The number of likely N-dealkylation sites (tertiary alicyclic amines) is 1. The van der Waals surface area contributed by atoms with Gasteiger partial charge in [0.15, 0.2) is 0 Å². The topological polar surface area (TPSA) is 94.6 Å². The molecule has 2 atom stereocenters. The number of aromatic nitrogens is 1. The van der Waals surface area contributed by atoms with Crippen molar-refractivity contribution in [2.45, 2.75) is 71.0 Å². The second-order valence-electron chi connectivity index (χ2n) is 11.6. The van der Waals surface area contributed by atoms with Crippen molar-refractivity contribution < 1.29 is 14.4 Å². The third kappa shape index (κ3) is 6.94. The smallest absolute Gasteiger partial charge is 0.246 e. The number of nitrogens with zero attached hydrogens (tertiary/aromatic N) is 3. The lowest BCUT2D eigenvalue weighted by Gasteiger charge is -2.37. The number of aryl methyl sites for hydroxylation is 1. The number of carbonyl (C=O) groups excluding carboxylic acids is 3. The first-order valence-corrected chi connectivity index (χ1v) is 14.4. The number of hydrogen-bond donors (Lipinski definition) is 2. The Labute approximate surface area is 236 Å². The quantitative estimate of drug-likeness (QED) is 0.406. The van der Waals surface area contributed by atoms with E-state index >= 15 is 0 Å². The van der Waals surface area contributed by atoms with Gasteiger partial charge in [0.2, 0.25) is 17.7 Å². The van der Waals surface area contributed by atoms with Crippen LogP contribution in [0, 0.1) is 12.3 Å². The molecule has 0 bridgehead atoms. The van der Waals surface area contributed by atoms with Crippen molar-refractivity contribution in [3.05, 3.63) is 59.1 Å². The summed E-state index contributed by atoms with van der Waals surface area (Å²) in [6.07, 6.45) is 10.2. The molecule has 2 N–H and O–H groups in total. The fourth-order valence-corrected chi connectivity index (χ4v) is 5.72. The van der Waals surface area contributed by atoms with Gasteiger partial charge in [-0.15, -0.1) is 11.3 Å². The predicted molar refractivity (Wildman–Crippen MR) is 158 cm³/mol. The molecule has 1 aromatic rings. The highest BCUT2D eigenvalue weighted by Crippen LogP contribution is 2.41. The molecule has 3 rings (SSSR count). The molecule has 1 saturated carbocycles. The maximum Gasteiger partial charge on any atom is 0.246 e. The maximum absolute atomic E-state index is 13.8. The van der Waals surface area contributed by atoms with Crippen LogP contribution >= 0.6 is 11.3 Å². The summed E-state index contributed by atoms with van der Waals surface area (Å²) < 4.78 is 0. The zero-order valence-electron chi connectivity index (χ0n) is 24.2. The van der Waals surface area contributed by atoms with Gasteiger partial charge in [-0.1, -0.05) is 58.2 Å². The molecule has 2 heterocycles. The van der Waals surface area contributed by atoms with Crippen LogP contribution in [-0.2, 0) is 14.4 Å². The van der Waals surface area contributed by atoms with Gasteiger partial charge in [0, 0.05) is 13.1 Å². The van der Waals surface area contributed by atoms with E-state index in [2.05, 4.69) is 28.8 Å². The molecule has 9 heteroatoms. The molecule has 8 nitrogen and oxygen atoms in total. The highest BCUT2D eigenvalue weighted by atomic mass is 32.1. The molecular weight excluding hydrogens is 510 g/mol. The van der Waals surface area contributed by atoms with Gasteiger partial charge >= 0.3 is 0 Å². The van der Waals surface area contributed by atoms with E-state index in [1.165, 1.54) is 0 Å². The fraction of sp³-hybridized carbons (Fsp3) is 0.533. The molecule has 2 aliphatic rings. The first-order chi connectivity index (χ1) is 18.4. The monoisotopic (exact) mass is 553 g/mol. The SMILES string of the molecule is C=C/C(=C\C=C(/C=C)c1scnc1C)CNC(=O)C1CCCN1C(=O)[C@@H](NC(=O)C1(N(C)C)CC1)C(C)(C)C. The van der Waals surface area contributed by atoms with E-state index in [0.29, 0.717) is 13.0 Å². The minimum Gasteiger partial charge on any atom is -0.350 e. The van der Waals surface area contributed by atoms with Crippen molar-refractivity contribution in [2.24, 2.45) is 5.41 Å². The average Bonchev–Trinajstić information content (AvgIpc) is 3.37. The van der Waals surface area contributed by atoms with Gasteiger partial charge in [0.1, 0.15) is 12.1 Å². The summed E-state index contributed by atoms with van der Waals surface area (Å²) in [6.45, 7) is 16.3. The predicted octanol–water partition coefficient (Wildman–Crippen LogP) is 3.87. The third-order valence-corrected chi connectivity index (χ3v) is 8.64. The van der Waals surface area contributed by atoms with E-state index in [1.807, 2.05) is 58.8 Å². The van der Waals surface area contributed by atoms with Crippen molar-refractivity contribution in [2.75, 3.05) is 27.2 Å². The number of amides is 3. The molecule has 0 radical (unpaired) electrons. The van der Waals surface area contributed by atoms with Gasteiger partial charge in [-0.3, -0.25) is 19.3 Å². The molecule has 1 saturated heterocycles. The largest absolute Gasteiger partial charge is 0.350 e. The highest BCUT2D eigenvalue weighted by Gasteiger charge is 2.53. The van der Waals surface area contributed by atoms with Crippen LogP contribution < -0.4 is 10.6 Å². The number of thiazole rings is 1. The number of allylic oxidation sites excluding steroid dienone is 4. The van der Waals surface area contributed by atoms with Gasteiger partial charge in [-0.05, 0) is 63.3 Å². The van der Waals surface area contributed by atoms with Crippen LogP contribution in [0.15, 0.2) is 48.5 Å². The second kappa shape index (κ2) is 12.4. The lowest BCUT2D eigenvalue weighted by atomic mass is 9.85. The van der Waals surface area contributed by atoms with E-state index in [0.717, 1.165) is 41.0 Å². The summed E-state index contributed by atoms with van der Waals surface area (Å²) in [5, 5.41) is 6.03. The molecule has 0 aromatic carbocycles. The van der Waals surface area contributed by atoms with Gasteiger partial charge < -0.3 is 15.5 Å². The maximum atomic E-state index is 13.8. The molecule has 1 aromatic heterocycles. The molecule has 39 heavy (non-hydrogen) atoms. The minimum absolute atomic E-state index is 0.123. The Balaban J connectivity index is 1.69. The van der Waals surface area contributed by atoms with Crippen molar-refractivity contribution in [3.63, 3.8) is 0 Å². The normalized spacial score (nSPS) is 20.0. The highest BCUT2D eigenvalue weighted by molar-refractivity contribution is 7.11. The first-order valence-electron chi connectivity index (χ1n) is 13.5. The minimum atomic E-state index is -0.725. The van der Waals surface area contributed by atoms with E-state index in [1.54, 1.807) is 33.9 Å². The van der Waals surface area contributed by atoms with E-state index in [9.17, 15) is 14.4 Å². The van der Waals surface area contributed by atoms with Crippen LogP contribution in [0.1, 0.15) is 57.0 Å². The van der Waals surface area contributed by atoms with E-state index in [-0.39, 0.29) is 24.3 Å². The van der Waals surface area contributed by atoms with Crippen LogP contribution in [0.4, 0.5) is 0 Å². The molecule has 1 aliphatic heterocycles. The summed E-state index contributed by atoms with van der Waals surface area (Å²) >= 11 is 1.55. The zero-order chi connectivity index (χ0) is 29.0. The summed E-state index contributed by atoms with van der Waals surface area (Å²) in [6, 6.07) is -1.30. The van der Waals surface area contributed by atoms with Gasteiger partial charge in [-0.2, -0.15) is 0 Å². The summed E-state index contributed by atoms with van der Waals surface area (Å²) in [5.41, 5.74) is 3.47. The first kappa shape index (κ1) is 30.5. The van der Waals surface area contributed by atoms with Crippen molar-refractivity contribution in [1.29, 1.82) is 0 Å². The molecule has 1 unspecified atom stereocenters. The summed E-state index contributed by atoms with van der Waals surface area (Å²) in [4.78, 5) is 49.1. The van der Waals surface area contributed by atoms with Gasteiger partial charge in [0.25, 0.3) is 0 Å². The number of carbonyl (C=O) groups is 3. The fourth-order valence-electron chi connectivity index (χ4n) is 4.90. The lowest BCUT2D eigenvalue weighted by Crippen LogP contribution is -2.60. The second-order valence-corrected chi connectivity index (χ2v) is 12.5. The van der Waals surface area contributed by atoms with Crippen molar-refractivity contribution in [3.8, 4) is 0 Å². The van der Waals surface area contributed by atoms with Crippen LogP contribution in [0.3, 0.4) is 0 Å². The van der Waals surface area contributed by atoms with E-state index in [4.69, 9.17) is 0 Å². The number of likely N-dealkylation sites (N-methyl/N-ethyl adjacent to an activating group) is 1. The third-order valence-electron chi connectivity index (χ3n) is 7.66. The number of hydrogen-bond acceptors (Lipinski definition) is 6. The Morgan fingerprint density at radius 3 is 2.44 bits per heavy atom. The number of rotatable bonds is 11. The van der Waals surface area contributed by atoms with Crippen LogP contribution in [0.25, 0.3) is 5.57 Å². The Hall–Kier alpha value is -3.04. The van der Waals surface area contributed by atoms with E-state index < -0.39 is 23.0 Å². The zero-order valence-corrected chi connectivity index (χ0v) is 25.0.